The molecule has 114 valence electrons. The van der Waals surface area contributed by atoms with Gasteiger partial charge >= 0.3 is 0 Å². The molecule has 0 saturated carbocycles. The van der Waals surface area contributed by atoms with Gasteiger partial charge in [-0.3, -0.25) is 9.59 Å². The Morgan fingerprint density at radius 3 is 2.18 bits per heavy atom. The summed E-state index contributed by atoms with van der Waals surface area (Å²) in [7, 11) is 0. The number of carbonyl (C=O) groups excluding carboxylic acids is 2. The number of nitrogens with one attached hydrogen (secondary N) is 2. The van der Waals surface area contributed by atoms with Gasteiger partial charge in [-0.05, 0) is 55.7 Å². The van der Waals surface area contributed by atoms with Crippen molar-refractivity contribution in [2.45, 2.75) is 27.2 Å². The number of aryl methyl sites for hydroxylation is 3. The van der Waals surface area contributed by atoms with E-state index in [0.717, 1.165) is 22.4 Å². The number of para-hydroxylation sites is 1. The van der Waals surface area contributed by atoms with E-state index in [9.17, 15) is 9.59 Å². The van der Waals surface area contributed by atoms with Crippen LogP contribution in [0.1, 0.15) is 23.1 Å². The van der Waals surface area contributed by atoms with Crippen LogP contribution < -0.4 is 10.6 Å². The first-order chi connectivity index (χ1) is 10.5. The zero-order valence-corrected chi connectivity index (χ0v) is 13.1. The quantitative estimate of drug-likeness (QED) is 0.847. The highest BCUT2D eigenvalue weighted by atomic mass is 16.2. The molecule has 0 aromatic heterocycles. The number of anilines is 2. The predicted octanol–water partition coefficient (Wildman–Crippen LogP) is 3.58. The van der Waals surface area contributed by atoms with Crippen LogP contribution in [0.25, 0.3) is 0 Å². The van der Waals surface area contributed by atoms with Crippen molar-refractivity contribution in [2.75, 3.05) is 10.6 Å². The molecule has 0 aliphatic heterocycles. The lowest BCUT2D eigenvalue weighted by Gasteiger charge is -2.09. The largest absolute Gasteiger partial charge is 0.326 e. The number of benzene rings is 2. The van der Waals surface area contributed by atoms with Crippen molar-refractivity contribution in [3.05, 3.63) is 59.2 Å². The molecular weight excluding hydrogens is 276 g/mol. The minimum Gasteiger partial charge on any atom is -0.326 e. The molecule has 22 heavy (non-hydrogen) atoms. The molecule has 0 atom stereocenters. The molecule has 2 aromatic rings. The number of hydrogen-bond acceptors (Lipinski definition) is 2. The summed E-state index contributed by atoms with van der Waals surface area (Å²) >= 11 is 0. The van der Waals surface area contributed by atoms with Gasteiger partial charge in [0.25, 0.3) is 0 Å². The number of carbonyl (C=O) groups is 2. The van der Waals surface area contributed by atoms with Gasteiger partial charge in [-0.1, -0.05) is 24.3 Å². The summed E-state index contributed by atoms with van der Waals surface area (Å²) in [6, 6.07) is 13.1. The molecule has 0 aliphatic rings. The molecule has 2 rings (SSSR count). The predicted molar refractivity (Wildman–Crippen MR) is 89.0 cm³/mol. The Morgan fingerprint density at radius 1 is 0.818 bits per heavy atom. The third-order valence-corrected chi connectivity index (χ3v) is 3.53. The first-order valence-corrected chi connectivity index (χ1v) is 7.18. The Kier molecular flexibility index (Phi) is 4.94. The lowest BCUT2D eigenvalue weighted by Crippen LogP contribution is -2.21. The van der Waals surface area contributed by atoms with Crippen LogP contribution in [0.15, 0.2) is 42.5 Å². The second-order valence-electron chi connectivity index (χ2n) is 5.39. The smallest absolute Gasteiger partial charge is 0.233 e. The third-order valence-electron chi connectivity index (χ3n) is 3.53. The molecule has 0 fully saturated rings. The third kappa shape index (κ3) is 4.19. The lowest BCUT2D eigenvalue weighted by atomic mass is 10.1. The molecule has 2 aromatic carbocycles. The van der Waals surface area contributed by atoms with E-state index >= 15 is 0 Å². The Labute approximate surface area is 130 Å². The normalized spacial score (nSPS) is 10.1. The van der Waals surface area contributed by atoms with Gasteiger partial charge in [-0.2, -0.15) is 0 Å². The van der Waals surface area contributed by atoms with Crippen molar-refractivity contribution in [1.82, 2.24) is 0 Å². The molecule has 4 heteroatoms. The summed E-state index contributed by atoms with van der Waals surface area (Å²) in [4.78, 5) is 23.8. The van der Waals surface area contributed by atoms with Crippen LogP contribution in [0.5, 0.6) is 0 Å². The Hall–Kier alpha value is -2.62. The van der Waals surface area contributed by atoms with E-state index in [1.165, 1.54) is 0 Å². The Balaban J connectivity index is 1.92. The van der Waals surface area contributed by atoms with Crippen molar-refractivity contribution in [3.63, 3.8) is 0 Å². The summed E-state index contributed by atoms with van der Waals surface area (Å²) < 4.78 is 0. The molecule has 0 spiro atoms. The number of rotatable bonds is 4. The second kappa shape index (κ2) is 6.89. The Morgan fingerprint density at radius 2 is 1.50 bits per heavy atom. The van der Waals surface area contributed by atoms with Crippen molar-refractivity contribution in [2.24, 2.45) is 0 Å². The minimum absolute atomic E-state index is 0.207. The van der Waals surface area contributed by atoms with Gasteiger partial charge in [-0.25, -0.2) is 0 Å². The van der Waals surface area contributed by atoms with E-state index in [2.05, 4.69) is 10.6 Å². The molecular formula is C18H20N2O2. The van der Waals surface area contributed by atoms with Crippen molar-refractivity contribution < 1.29 is 9.59 Å². The molecule has 2 amide bonds. The molecule has 0 heterocycles. The minimum atomic E-state index is -0.325. The number of hydrogen-bond donors (Lipinski definition) is 2. The maximum Gasteiger partial charge on any atom is 0.233 e. The molecule has 0 saturated heterocycles. The van der Waals surface area contributed by atoms with Crippen molar-refractivity contribution in [3.8, 4) is 0 Å². The van der Waals surface area contributed by atoms with Gasteiger partial charge in [0.2, 0.25) is 11.8 Å². The van der Waals surface area contributed by atoms with E-state index in [4.69, 9.17) is 0 Å². The van der Waals surface area contributed by atoms with Crippen LogP contribution in [0.3, 0.4) is 0 Å². The van der Waals surface area contributed by atoms with Gasteiger partial charge in [-0.15, -0.1) is 0 Å². The van der Waals surface area contributed by atoms with Crippen LogP contribution in [-0.2, 0) is 9.59 Å². The fourth-order valence-corrected chi connectivity index (χ4v) is 2.08. The van der Waals surface area contributed by atoms with Crippen LogP contribution >= 0.6 is 0 Å². The first kappa shape index (κ1) is 15.8. The van der Waals surface area contributed by atoms with Gasteiger partial charge in [0.15, 0.2) is 0 Å². The van der Waals surface area contributed by atoms with Gasteiger partial charge in [0.1, 0.15) is 6.42 Å². The second-order valence-corrected chi connectivity index (χ2v) is 5.39. The fourth-order valence-electron chi connectivity index (χ4n) is 2.08. The van der Waals surface area contributed by atoms with E-state index in [-0.39, 0.29) is 18.2 Å². The average Bonchev–Trinajstić information content (AvgIpc) is 2.45. The van der Waals surface area contributed by atoms with E-state index in [1.54, 1.807) is 0 Å². The first-order valence-electron chi connectivity index (χ1n) is 7.18. The van der Waals surface area contributed by atoms with Crippen molar-refractivity contribution >= 4 is 23.2 Å². The maximum atomic E-state index is 11.9. The fraction of sp³-hybridized carbons (Fsp3) is 0.222. The zero-order chi connectivity index (χ0) is 16.1. The summed E-state index contributed by atoms with van der Waals surface area (Å²) in [6.45, 7) is 5.90. The van der Waals surface area contributed by atoms with E-state index in [1.807, 2.05) is 63.2 Å². The van der Waals surface area contributed by atoms with Crippen molar-refractivity contribution in [1.29, 1.82) is 0 Å². The molecule has 2 N–H and O–H groups in total. The molecule has 0 radical (unpaired) electrons. The summed E-state index contributed by atoms with van der Waals surface area (Å²) in [5.74, 6) is -0.648. The van der Waals surface area contributed by atoms with Crippen LogP contribution in [0.4, 0.5) is 11.4 Å². The topological polar surface area (TPSA) is 58.2 Å². The highest BCUT2D eigenvalue weighted by molar-refractivity contribution is 6.08. The van der Waals surface area contributed by atoms with Gasteiger partial charge in [0.05, 0.1) is 0 Å². The standard InChI is InChI=1S/C18H20N2O2/c1-12-8-9-15(10-14(12)3)19-17(21)11-18(22)20-16-7-5-4-6-13(16)2/h4-10H,11H2,1-3H3,(H,19,21)(H,20,22). The maximum absolute atomic E-state index is 11.9. The van der Waals surface area contributed by atoms with Gasteiger partial charge in [0, 0.05) is 11.4 Å². The number of amides is 2. The lowest BCUT2D eigenvalue weighted by molar-refractivity contribution is -0.123. The SMILES string of the molecule is Cc1ccc(NC(=O)CC(=O)Nc2ccccc2C)cc1C. The summed E-state index contributed by atoms with van der Waals surface area (Å²) in [5.41, 5.74) is 4.66. The molecule has 0 aliphatic carbocycles. The molecule has 0 bridgehead atoms. The van der Waals surface area contributed by atoms with Crippen LogP contribution in [0, 0.1) is 20.8 Å². The molecule has 0 unspecified atom stereocenters. The summed E-state index contributed by atoms with van der Waals surface area (Å²) in [6.07, 6.45) is -0.207. The Bertz CT molecular complexity index is 708. The highest BCUT2D eigenvalue weighted by Crippen LogP contribution is 2.15. The highest BCUT2D eigenvalue weighted by Gasteiger charge is 2.11. The zero-order valence-electron chi connectivity index (χ0n) is 13.1. The molecule has 4 nitrogen and oxygen atoms in total. The summed E-state index contributed by atoms with van der Waals surface area (Å²) in [5, 5.41) is 5.49. The average molecular weight is 296 g/mol. The van der Waals surface area contributed by atoms with Gasteiger partial charge < -0.3 is 10.6 Å². The monoisotopic (exact) mass is 296 g/mol. The van der Waals surface area contributed by atoms with Crippen LogP contribution in [-0.4, -0.2) is 11.8 Å². The van der Waals surface area contributed by atoms with E-state index in [0.29, 0.717) is 5.69 Å². The van der Waals surface area contributed by atoms with E-state index < -0.39 is 0 Å². The van der Waals surface area contributed by atoms with Crippen LogP contribution in [0.2, 0.25) is 0 Å².